The number of hydrogen-bond acceptors (Lipinski definition) is 0. The van der Waals surface area contributed by atoms with Gasteiger partial charge in [0.2, 0.25) is 0 Å². The van der Waals surface area contributed by atoms with Gasteiger partial charge in [0.15, 0.2) is 0 Å². The lowest BCUT2D eigenvalue weighted by atomic mass is 9.85. The van der Waals surface area contributed by atoms with Gasteiger partial charge in [0.1, 0.15) is 0 Å². The Labute approximate surface area is 274 Å². The molecule has 0 spiro atoms. The molecule has 0 unspecified atom stereocenters. The highest BCUT2D eigenvalue weighted by Crippen LogP contribution is 2.54. The lowest BCUT2D eigenvalue weighted by molar-refractivity contribution is 1.28. The lowest BCUT2D eigenvalue weighted by Crippen LogP contribution is -1.96. The van der Waals surface area contributed by atoms with Crippen LogP contribution in [0.4, 0.5) is 0 Å². The van der Waals surface area contributed by atoms with Crippen LogP contribution in [-0.4, -0.2) is 0 Å². The molecule has 0 saturated carbocycles. The summed E-state index contributed by atoms with van der Waals surface area (Å²) in [6.45, 7) is 38.0. The number of aryl methyl sites for hydroxylation is 12. The van der Waals surface area contributed by atoms with Crippen LogP contribution in [0.5, 0.6) is 0 Å². The molecule has 0 heterocycles. The Morgan fingerprint density at radius 3 is 0.435 bits per heavy atom. The first-order valence-corrected chi connectivity index (χ1v) is 17.2. The summed E-state index contributed by atoms with van der Waals surface area (Å²) in [4.78, 5) is 0. The third-order valence-corrected chi connectivity index (χ3v) is 13.8. The minimum atomic E-state index is 1.44. The second-order valence-electron chi connectivity index (χ2n) is 15.2. The summed E-state index contributed by atoms with van der Waals surface area (Å²) >= 11 is 0. The van der Waals surface area contributed by atoms with E-state index in [0.717, 1.165) is 0 Å². The van der Waals surface area contributed by atoms with Gasteiger partial charge in [-0.1, -0.05) is 0 Å². The normalized spacial score (nSPS) is 12.8. The molecule has 0 amide bonds. The third kappa shape index (κ3) is 2.95. The molecule has 8 rings (SSSR count). The van der Waals surface area contributed by atoms with E-state index in [1.165, 1.54) is 164 Å². The molecule has 0 saturated heterocycles. The van der Waals surface area contributed by atoms with Crippen LogP contribution in [0.3, 0.4) is 0 Å². The van der Waals surface area contributed by atoms with Crippen molar-refractivity contribution >= 4 is 75.4 Å². The Kier molecular flexibility index (Phi) is 5.72. The molecule has 0 radical (unpaired) electrons. The van der Waals surface area contributed by atoms with E-state index in [4.69, 9.17) is 0 Å². The second-order valence-corrected chi connectivity index (χ2v) is 15.2. The molecular weight excluding hydrogens is 553 g/mol. The number of hydrogen-bond donors (Lipinski definition) is 0. The fourth-order valence-electron chi connectivity index (χ4n) is 10.5. The minimum Gasteiger partial charge on any atom is -0.0440 e. The molecule has 232 valence electrons. The van der Waals surface area contributed by atoms with Crippen LogP contribution in [0, 0.1) is 111 Å². The van der Waals surface area contributed by atoms with E-state index >= 15 is 0 Å². The summed E-state index contributed by atoms with van der Waals surface area (Å²) in [5, 5.41) is 20.8. The zero-order chi connectivity index (χ0) is 33.3. The van der Waals surface area contributed by atoms with Crippen molar-refractivity contribution in [3.8, 4) is 0 Å². The van der Waals surface area contributed by atoms with Gasteiger partial charge in [0, 0.05) is 0 Å². The Hall–Kier alpha value is -3.90. The van der Waals surface area contributed by atoms with E-state index in [1.807, 2.05) is 0 Å². The Bertz CT molecular complexity index is 2390. The summed E-state index contributed by atoms with van der Waals surface area (Å²) in [7, 11) is 0. The van der Waals surface area contributed by atoms with Crippen molar-refractivity contribution in [1.82, 2.24) is 0 Å². The number of rotatable bonds is 0. The highest BCUT2D eigenvalue weighted by atomic mass is 14.3. The van der Waals surface area contributed by atoms with Crippen molar-refractivity contribution in [1.29, 1.82) is 0 Å². The van der Waals surface area contributed by atoms with Crippen molar-refractivity contribution in [2.24, 2.45) is 0 Å². The second kappa shape index (κ2) is 8.92. The zero-order valence-electron chi connectivity index (χ0n) is 31.0. The molecule has 0 aliphatic heterocycles. The summed E-state index contributed by atoms with van der Waals surface area (Å²) < 4.78 is 0. The van der Waals surface area contributed by atoms with Crippen LogP contribution >= 0.6 is 0 Å². The van der Waals surface area contributed by atoms with E-state index in [1.54, 1.807) is 0 Å². The first-order chi connectivity index (χ1) is 21.6. The maximum Gasteiger partial charge on any atom is -0.00151 e. The average molecular weight is 601 g/mol. The molecule has 0 aromatic heterocycles. The highest BCUT2D eigenvalue weighted by molar-refractivity contribution is 6.40. The first-order valence-electron chi connectivity index (χ1n) is 17.2. The molecule has 0 bridgehead atoms. The van der Waals surface area contributed by atoms with E-state index in [2.05, 4.69) is 111 Å². The van der Waals surface area contributed by atoms with E-state index < -0.39 is 0 Å². The van der Waals surface area contributed by atoms with Gasteiger partial charge in [-0.15, -0.1) is 0 Å². The van der Waals surface area contributed by atoms with Crippen molar-refractivity contribution in [3.63, 3.8) is 0 Å². The van der Waals surface area contributed by atoms with Crippen LogP contribution < -0.4 is 0 Å². The van der Waals surface area contributed by atoms with Gasteiger partial charge in [-0.25, -0.2) is 0 Å². The standard InChI is InChI=1S/C46H48/c1-17-21(5)33-22(6)18(2)26(10)38-42-30(14)36-32(16)44-40-28(12)20(4)24(8)34-23(7)19(3)27(11)39(46(34)40)43(44)31(15)35(36)29(13)41(42)37(25(17)9)45(33)38/h1-16H3. The van der Waals surface area contributed by atoms with Crippen molar-refractivity contribution in [2.75, 3.05) is 0 Å². The van der Waals surface area contributed by atoms with Crippen LogP contribution in [0.1, 0.15) is 89.0 Å². The molecule has 8 aromatic rings. The van der Waals surface area contributed by atoms with E-state index in [-0.39, 0.29) is 0 Å². The molecule has 0 heteroatoms. The first kappa shape index (κ1) is 29.5. The zero-order valence-corrected chi connectivity index (χ0v) is 31.0. The third-order valence-electron chi connectivity index (χ3n) is 13.8. The average Bonchev–Trinajstić information content (AvgIpc) is 3.56. The molecule has 46 heavy (non-hydrogen) atoms. The quantitative estimate of drug-likeness (QED) is 0.162. The topological polar surface area (TPSA) is 0 Å². The van der Waals surface area contributed by atoms with Gasteiger partial charge in [0.05, 0.1) is 0 Å². The van der Waals surface area contributed by atoms with Gasteiger partial charge in [-0.2, -0.15) is 0 Å². The molecule has 0 aliphatic rings. The molecule has 0 fully saturated rings. The predicted octanol–water partition coefficient (Wildman–Crippen LogP) is 13.6. The van der Waals surface area contributed by atoms with Gasteiger partial charge in [0.25, 0.3) is 0 Å². The monoisotopic (exact) mass is 600 g/mol. The van der Waals surface area contributed by atoms with Crippen LogP contribution in [0.25, 0.3) is 75.4 Å². The Morgan fingerprint density at radius 1 is 0.109 bits per heavy atom. The van der Waals surface area contributed by atoms with Gasteiger partial charge in [-0.3, -0.25) is 0 Å². The maximum atomic E-state index is 2.44. The smallest absolute Gasteiger partial charge is 0.00151 e. The molecular formula is C46H48. The molecule has 0 N–H and O–H groups in total. The number of fused-ring (bicyclic) bond motifs is 7. The predicted molar refractivity (Wildman–Crippen MR) is 207 cm³/mol. The van der Waals surface area contributed by atoms with Crippen LogP contribution in [0.15, 0.2) is 0 Å². The van der Waals surface area contributed by atoms with E-state index in [9.17, 15) is 0 Å². The molecule has 0 atom stereocenters. The molecule has 0 aliphatic carbocycles. The lowest BCUT2D eigenvalue weighted by Gasteiger charge is -2.18. The van der Waals surface area contributed by atoms with Gasteiger partial charge in [-0.05, 0) is 275 Å². The van der Waals surface area contributed by atoms with Crippen molar-refractivity contribution < 1.29 is 0 Å². The Morgan fingerprint density at radius 2 is 0.239 bits per heavy atom. The van der Waals surface area contributed by atoms with Gasteiger partial charge >= 0.3 is 0 Å². The van der Waals surface area contributed by atoms with Crippen molar-refractivity contribution in [3.05, 3.63) is 89.0 Å². The summed E-state index contributed by atoms with van der Waals surface area (Å²) in [5.41, 5.74) is 23.2. The SMILES string of the molecule is Cc1c(C)c2c(C)c(C)c(C)c3c4c(C)c5c(C)c6c(c(C)c5c(C)c4c(c1C)c23)c1c(C)c(C)c(C)c2c(C)c(C)c(C)c6c21. The summed E-state index contributed by atoms with van der Waals surface area (Å²) in [5.74, 6) is 0. The summed E-state index contributed by atoms with van der Waals surface area (Å²) in [6.07, 6.45) is 0. The fraction of sp³-hybridized carbons (Fsp3) is 0.348. The highest BCUT2D eigenvalue weighted by Gasteiger charge is 2.30. The minimum absolute atomic E-state index is 1.44. The molecule has 8 aromatic carbocycles. The largest absolute Gasteiger partial charge is 0.0440 e. The van der Waals surface area contributed by atoms with Crippen LogP contribution in [0.2, 0.25) is 0 Å². The van der Waals surface area contributed by atoms with Crippen molar-refractivity contribution in [2.45, 2.75) is 111 Å². The van der Waals surface area contributed by atoms with E-state index in [0.29, 0.717) is 0 Å². The maximum absolute atomic E-state index is 2.44. The fourth-order valence-corrected chi connectivity index (χ4v) is 10.5. The van der Waals surface area contributed by atoms with Gasteiger partial charge < -0.3 is 0 Å². The Balaban J connectivity index is 1.79. The van der Waals surface area contributed by atoms with Crippen LogP contribution in [-0.2, 0) is 0 Å². The number of benzene rings is 6. The summed E-state index contributed by atoms with van der Waals surface area (Å²) in [6, 6.07) is 0. The molecule has 0 nitrogen and oxygen atoms in total.